The molecular formula is C20H14ClF2N3O2S. The van der Waals surface area contributed by atoms with Crippen molar-refractivity contribution in [2.24, 2.45) is 0 Å². The van der Waals surface area contributed by atoms with Gasteiger partial charge in [-0.25, -0.2) is 18.6 Å². The molecular weight excluding hydrogens is 420 g/mol. The Labute approximate surface area is 173 Å². The van der Waals surface area contributed by atoms with Crippen molar-refractivity contribution in [2.75, 3.05) is 0 Å². The zero-order valence-corrected chi connectivity index (χ0v) is 16.7. The van der Waals surface area contributed by atoms with Gasteiger partial charge in [0, 0.05) is 10.9 Å². The number of nitrogens with one attached hydrogen (secondary N) is 1. The molecule has 0 spiro atoms. The Morgan fingerprint density at radius 2 is 1.93 bits per heavy atom. The van der Waals surface area contributed by atoms with Crippen LogP contribution in [0.4, 0.5) is 13.6 Å². The number of thiazole rings is 1. The Kier molecular flexibility index (Phi) is 4.84. The summed E-state index contributed by atoms with van der Waals surface area (Å²) in [6, 6.07) is 9.72. The van der Waals surface area contributed by atoms with Gasteiger partial charge in [0.25, 0.3) is 5.91 Å². The molecule has 0 bridgehead atoms. The van der Waals surface area contributed by atoms with E-state index in [2.05, 4.69) is 10.3 Å². The van der Waals surface area contributed by atoms with E-state index < -0.39 is 29.1 Å². The average molecular weight is 434 g/mol. The van der Waals surface area contributed by atoms with Crippen LogP contribution in [0.5, 0.6) is 0 Å². The van der Waals surface area contributed by atoms with Crippen molar-refractivity contribution in [3.05, 3.63) is 75.8 Å². The van der Waals surface area contributed by atoms with Gasteiger partial charge >= 0.3 is 6.03 Å². The van der Waals surface area contributed by atoms with Crippen LogP contribution >= 0.6 is 22.9 Å². The first-order valence-electron chi connectivity index (χ1n) is 8.58. The Balaban J connectivity index is 1.59. The van der Waals surface area contributed by atoms with Crippen LogP contribution in [0, 0.1) is 11.6 Å². The number of imide groups is 1. The van der Waals surface area contributed by atoms with Crippen molar-refractivity contribution < 1.29 is 18.4 Å². The normalized spacial score (nSPS) is 19.0. The second kappa shape index (κ2) is 7.20. The van der Waals surface area contributed by atoms with Gasteiger partial charge in [-0.3, -0.25) is 9.69 Å². The second-order valence-corrected chi connectivity index (χ2v) is 7.96. The third-order valence-corrected chi connectivity index (χ3v) is 6.00. The monoisotopic (exact) mass is 433 g/mol. The van der Waals surface area contributed by atoms with Gasteiger partial charge in [0.2, 0.25) is 0 Å². The fourth-order valence-corrected chi connectivity index (χ4v) is 4.27. The van der Waals surface area contributed by atoms with Gasteiger partial charge in [-0.1, -0.05) is 35.9 Å². The molecule has 29 heavy (non-hydrogen) atoms. The smallest absolute Gasteiger partial charge is 0.319 e. The maximum Gasteiger partial charge on any atom is 0.325 e. The van der Waals surface area contributed by atoms with Crippen LogP contribution in [0.25, 0.3) is 10.6 Å². The molecule has 1 atom stereocenters. The molecule has 1 unspecified atom stereocenters. The molecule has 0 aliphatic carbocycles. The van der Waals surface area contributed by atoms with Crippen LogP contribution in [0.15, 0.2) is 47.8 Å². The minimum absolute atomic E-state index is 0.0507. The molecule has 1 fully saturated rings. The first-order valence-corrected chi connectivity index (χ1v) is 9.84. The molecule has 1 saturated heterocycles. The fourth-order valence-electron chi connectivity index (χ4n) is 3.14. The molecule has 0 saturated carbocycles. The van der Waals surface area contributed by atoms with Crippen LogP contribution in [0.2, 0.25) is 5.02 Å². The molecule has 3 aromatic rings. The van der Waals surface area contributed by atoms with Crippen molar-refractivity contribution in [3.63, 3.8) is 0 Å². The van der Waals surface area contributed by atoms with Crippen LogP contribution in [-0.4, -0.2) is 21.8 Å². The number of aromatic nitrogens is 1. The number of urea groups is 1. The number of carbonyl (C=O) groups excluding carboxylic acids is 2. The van der Waals surface area contributed by atoms with E-state index in [0.717, 1.165) is 22.6 Å². The quantitative estimate of drug-likeness (QED) is 0.606. The number of benzene rings is 2. The van der Waals surface area contributed by atoms with Gasteiger partial charge < -0.3 is 5.32 Å². The Morgan fingerprint density at radius 1 is 1.17 bits per heavy atom. The van der Waals surface area contributed by atoms with E-state index in [-0.39, 0.29) is 12.1 Å². The van der Waals surface area contributed by atoms with Crippen LogP contribution in [-0.2, 0) is 16.9 Å². The molecule has 148 valence electrons. The van der Waals surface area contributed by atoms with Gasteiger partial charge in [-0.2, -0.15) is 0 Å². The lowest BCUT2D eigenvalue weighted by atomic mass is 9.92. The molecule has 1 aliphatic rings. The van der Waals surface area contributed by atoms with Gasteiger partial charge in [-0.05, 0) is 30.7 Å². The Hall–Kier alpha value is -2.84. The standard InChI is InChI=1S/C20H14ClF2N3O2S/c1-20(11-6-7-15(22)16(23)8-11)18(27)26(19(28)25-20)9-12-10-29-17(24-12)13-4-2-3-5-14(13)21/h2-8,10H,9H2,1H3,(H,25,28). The Morgan fingerprint density at radius 3 is 2.66 bits per heavy atom. The minimum Gasteiger partial charge on any atom is -0.319 e. The minimum atomic E-state index is -1.49. The lowest BCUT2D eigenvalue weighted by Gasteiger charge is -2.22. The lowest BCUT2D eigenvalue weighted by molar-refractivity contribution is -0.131. The zero-order valence-electron chi connectivity index (χ0n) is 15.1. The summed E-state index contributed by atoms with van der Waals surface area (Å²) < 4.78 is 26.9. The van der Waals surface area contributed by atoms with Crippen molar-refractivity contribution in [2.45, 2.75) is 19.0 Å². The number of amides is 3. The summed E-state index contributed by atoms with van der Waals surface area (Å²) in [5.74, 6) is -2.69. The number of carbonyl (C=O) groups is 2. The summed E-state index contributed by atoms with van der Waals surface area (Å²) in [5, 5.41) is 5.52. The number of rotatable bonds is 4. The number of nitrogens with zero attached hydrogens (tertiary/aromatic N) is 2. The van der Waals surface area contributed by atoms with Crippen LogP contribution < -0.4 is 5.32 Å². The highest BCUT2D eigenvalue weighted by Crippen LogP contribution is 2.33. The fraction of sp³-hybridized carbons (Fsp3) is 0.150. The van der Waals surface area contributed by atoms with Crippen molar-refractivity contribution in [1.29, 1.82) is 0 Å². The van der Waals surface area contributed by atoms with Crippen molar-refractivity contribution in [1.82, 2.24) is 15.2 Å². The van der Waals surface area contributed by atoms with Gasteiger partial charge in [0.05, 0.1) is 17.3 Å². The summed E-state index contributed by atoms with van der Waals surface area (Å²) in [6.45, 7) is 1.40. The van der Waals surface area contributed by atoms with E-state index >= 15 is 0 Å². The van der Waals surface area contributed by atoms with Gasteiger partial charge in [0.15, 0.2) is 11.6 Å². The first-order chi connectivity index (χ1) is 13.8. The van der Waals surface area contributed by atoms with Crippen LogP contribution in [0.3, 0.4) is 0 Å². The van der Waals surface area contributed by atoms with Gasteiger partial charge in [0.1, 0.15) is 10.5 Å². The molecule has 3 amide bonds. The summed E-state index contributed by atoms with van der Waals surface area (Å²) in [6.07, 6.45) is 0. The Bertz CT molecular complexity index is 1140. The van der Waals surface area contributed by atoms with E-state index in [4.69, 9.17) is 11.6 Å². The molecule has 9 heteroatoms. The number of hydrogen-bond acceptors (Lipinski definition) is 4. The first kappa shape index (κ1) is 19.5. The largest absolute Gasteiger partial charge is 0.325 e. The maximum atomic E-state index is 13.6. The third kappa shape index (κ3) is 3.38. The molecule has 2 aromatic carbocycles. The summed E-state index contributed by atoms with van der Waals surface area (Å²) >= 11 is 7.54. The van der Waals surface area contributed by atoms with E-state index in [1.165, 1.54) is 24.3 Å². The lowest BCUT2D eigenvalue weighted by Crippen LogP contribution is -2.41. The van der Waals surface area contributed by atoms with E-state index in [1.54, 1.807) is 11.4 Å². The molecule has 1 aromatic heterocycles. The highest BCUT2D eigenvalue weighted by atomic mass is 35.5. The molecule has 4 rings (SSSR count). The SMILES string of the molecule is CC1(c2ccc(F)c(F)c2)NC(=O)N(Cc2csc(-c3ccccc3Cl)n2)C1=O. The van der Waals surface area contributed by atoms with Crippen molar-refractivity contribution in [3.8, 4) is 10.6 Å². The summed E-state index contributed by atoms with van der Waals surface area (Å²) in [4.78, 5) is 30.9. The number of halogens is 3. The highest BCUT2D eigenvalue weighted by molar-refractivity contribution is 7.13. The molecule has 1 N–H and O–H groups in total. The topological polar surface area (TPSA) is 62.3 Å². The van der Waals surface area contributed by atoms with Gasteiger partial charge in [-0.15, -0.1) is 11.3 Å². The summed E-state index contributed by atoms with van der Waals surface area (Å²) in [7, 11) is 0. The second-order valence-electron chi connectivity index (χ2n) is 6.70. The summed E-state index contributed by atoms with van der Waals surface area (Å²) in [5.41, 5.74) is -0.0581. The van der Waals surface area contributed by atoms with E-state index in [9.17, 15) is 18.4 Å². The molecule has 5 nitrogen and oxygen atoms in total. The molecule has 0 radical (unpaired) electrons. The van der Waals surface area contributed by atoms with E-state index in [1.807, 2.05) is 18.2 Å². The van der Waals surface area contributed by atoms with E-state index in [0.29, 0.717) is 15.7 Å². The molecule has 1 aliphatic heterocycles. The predicted octanol–water partition coefficient (Wildman–Crippen LogP) is 4.71. The average Bonchev–Trinajstić information content (AvgIpc) is 3.23. The maximum absolute atomic E-state index is 13.6. The van der Waals surface area contributed by atoms with Crippen molar-refractivity contribution >= 4 is 34.9 Å². The zero-order chi connectivity index (χ0) is 20.8. The van der Waals surface area contributed by atoms with Crippen LogP contribution in [0.1, 0.15) is 18.2 Å². The highest BCUT2D eigenvalue weighted by Gasteiger charge is 2.49. The third-order valence-electron chi connectivity index (χ3n) is 4.75. The predicted molar refractivity (Wildman–Crippen MR) is 105 cm³/mol. The number of hydrogen-bond donors (Lipinski definition) is 1. The molecule has 2 heterocycles.